The monoisotopic (exact) mass is 340 g/mol. The van der Waals surface area contributed by atoms with E-state index in [9.17, 15) is 0 Å². The van der Waals surface area contributed by atoms with Crippen LogP contribution in [0.4, 0.5) is 0 Å². The van der Waals surface area contributed by atoms with Crippen molar-refractivity contribution < 1.29 is 9.26 Å². The molecular formula is C17H20N6O2. The molecule has 8 nitrogen and oxygen atoms in total. The van der Waals surface area contributed by atoms with Gasteiger partial charge in [-0.1, -0.05) is 10.4 Å². The molecule has 25 heavy (non-hydrogen) atoms. The van der Waals surface area contributed by atoms with Gasteiger partial charge in [-0.2, -0.15) is 0 Å². The molecule has 1 aliphatic rings. The molecule has 0 amide bonds. The van der Waals surface area contributed by atoms with E-state index in [4.69, 9.17) is 9.26 Å². The van der Waals surface area contributed by atoms with E-state index in [-0.39, 0.29) is 6.10 Å². The Morgan fingerprint density at radius 2 is 2.28 bits per heavy atom. The predicted molar refractivity (Wildman–Crippen MR) is 89.5 cm³/mol. The summed E-state index contributed by atoms with van der Waals surface area (Å²) >= 11 is 0. The Balaban J connectivity index is 1.38. The first-order valence-corrected chi connectivity index (χ1v) is 8.29. The highest BCUT2D eigenvalue weighted by Crippen LogP contribution is 2.24. The summed E-state index contributed by atoms with van der Waals surface area (Å²) in [6, 6.07) is 3.88. The Kier molecular flexibility index (Phi) is 4.29. The van der Waals surface area contributed by atoms with Crippen molar-refractivity contribution in [1.82, 2.24) is 30.5 Å². The molecule has 130 valence electrons. The third-order valence-corrected chi connectivity index (χ3v) is 4.46. The van der Waals surface area contributed by atoms with Gasteiger partial charge >= 0.3 is 0 Å². The number of nitrogens with zero attached hydrogens (tertiary/aromatic N) is 5. The van der Waals surface area contributed by atoms with E-state index in [1.54, 1.807) is 12.4 Å². The summed E-state index contributed by atoms with van der Waals surface area (Å²) in [4.78, 5) is 4.14. The minimum Gasteiger partial charge on any atom is -0.369 e. The molecule has 0 aliphatic carbocycles. The average molecular weight is 340 g/mol. The van der Waals surface area contributed by atoms with Gasteiger partial charge in [0.25, 0.3) is 0 Å². The second kappa shape index (κ2) is 6.73. The number of nitrogens with one attached hydrogen (secondary N) is 1. The third kappa shape index (κ3) is 3.18. The predicted octanol–water partition coefficient (Wildman–Crippen LogP) is 1.63. The minimum absolute atomic E-state index is 0.0522. The highest BCUT2D eigenvalue weighted by molar-refractivity contribution is 5.59. The van der Waals surface area contributed by atoms with Gasteiger partial charge in [0, 0.05) is 36.6 Å². The average Bonchev–Trinajstić information content (AvgIpc) is 3.20. The molecule has 0 spiro atoms. The Bertz CT molecular complexity index is 838. The van der Waals surface area contributed by atoms with Gasteiger partial charge < -0.3 is 14.6 Å². The first-order valence-electron chi connectivity index (χ1n) is 8.29. The summed E-state index contributed by atoms with van der Waals surface area (Å²) in [5.74, 6) is 0.856. The molecule has 4 heterocycles. The van der Waals surface area contributed by atoms with Crippen molar-refractivity contribution in [2.75, 3.05) is 6.54 Å². The van der Waals surface area contributed by atoms with Crippen molar-refractivity contribution >= 4 is 0 Å². The van der Waals surface area contributed by atoms with Gasteiger partial charge in [0.05, 0.1) is 30.6 Å². The van der Waals surface area contributed by atoms with Crippen LogP contribution in [0.15, 0.2) is 29.0 Å². The number of ether oxygens (including phenoxy) is 1. The van der Waals surface area contributed by atoms with E-state index in [2.05, 4.69) is 25.8 Å². The van der Waals surface area contributed by atoms with E-state index in [1.165, 1.54) is 0 Å². The summed E-state index contributed by atoms with van der Waals surface area (Å²) in [6.07, 6.45) is 3.59. The van der Waals surface area contributed by atoms with Crippen LogP contribution in [0.25, 0.3) is 11.3 Å². The lowest BCUT2D eigenvalue weighted by Gasteiger charge is -2.24. The smallest absolute Gasteiger partial charge is 0.138 e. The zero-order chi connectivity index (χ0) is 17.2. The fraction of sp³-hybridized carbons (Fsp3) is 0.412. The van der Waals surface area contributed by atoms with E-state index in [0.717, 1.165) is 40.5 Å². The zero-order valence-electron chi connectivity index (χ0n) is 14.3. The van der Waals surface area contributed by atoms with Gasteiger partial charge in [-0.15, -0.1) is 5.10 Å². The van der Waals surface area contributed by atoms with Gasteiger partial charge in [0.1, 0.15) is 11.5 Å². The molecule has 0 fully saturated rings. The molecule has 3 aromatic heterocycles. The van der Waals surface area contributed by atoms with Crippen molar-refractivity contribution in [1.29, 1.82) is 0 Å². The van der Waals surface area contributed by atoms with Crippen LogP contribution in [-0.4, -0.2) is 37.8 Å². The summed E-state index contributed by atoms with van der Waals surface area (Å²) in [5.41, 5.74) is 4.83. The number of fused-ring (bicyclic) bond motifs is 1. The maximum atomic E-state index is 5.98. The molecule has 0 saturated carbocycles. The first kappa shape index (κ1) is 15.9. The number of aromatic nitrogens is 5. The lowest BCUT2D eigenvalue weighted by atomic mass is 10.1. The molecule has 3 aromatic rings. The largest absolute Gasteiger partial charge is 0.369 e. The van der Waals surface area contributed by atoms with Crippen LogP contribution in [0.3, 0.4) is 0 Å². The molecule has 1 N–H and O–H groups in total. The van der Waals surface area contributed by atoms with E-state index in [0.29, 0.717) is 19.7 Å². The molecule has 8 heteroatoms. The molecule has 0 aromatic carbocycles. The van der Waals surface area contributed by atoms with Crippen LogP contribution in [0.2, 0.25) is 0 Å². The fourth-order valence-electron chi connectivity index (χ4n) is 3.03. The Morgan fingerprint density at radius 3 is 3.04 bits per heavy atom. The minimum atomic E-state index is 0.0522. The lowest BCUT2D eigenvalue weighted by Crippen LogP contribution is -2.36. The van der Waals surface area contributed by atoms with Gasteiger partial charge in [-0.25, -0.2) is 4.68 Å². The van der Waals surface area contributed by atoms with E-state index in [1.807, 2.05) is 30.7 Å². The number of aryl methyl sites for hydroxylation is 2. The zero-order valence-corrected chi connectivity index (χ0v) is 14.3. The summed E-state index contributed by atoms with van der Waals surface area (Å²) in [5, 5.41) is 16.0. The highest BCUT2D eigenvalue weighted by Gasteiger charge is 2.24. The van der Waals surface area contributed by atoms with Crippen LogP contribution in [0, 0.1) is 13.8 Å². The maximum Gasteiger partial charge on any atom is 0.138 e. The molecule has 1 atom stereocenters. The molecule has 0 saturated heterocycles. The second-order valence-electron chi connectivity index (χ2n) is 6.18. The Morgan fingerprint density at radius 1 is 1.36 bits per heavy atom. The summed E-state index contributed by atoms with van der Waals surface area (Å²) in [7, 11) is 0. The van der Waals surface area contributed by atoms with Crippen LogP contribution in [0.1, 0.15) is 22.7 Å². The van der Waals surface area contributed by atoms with Crippen LogP contribution in [-0.2, 0) is 24.4 Å². The topological polar surface area (TPSA) is 90.9 Å². The van der Waals surface area contributed by atoms with E-state index < -0.39 is 0 Å². The van der Waals surface area contributed by atoms with Crippen molar-refractivity contribution in [3.05, 3.63) is 47.2 Å². The Hall–Kier alpha value is -2.58. The number of pyridine rings is 1. The van der Waals surface area contributed by atoms with Gasteiger partial charge in [-0.05, 0) is 26.0 Å². The second-order valence-corrected chi connectivity index (χ2v) is 6.18. The van der Waals surface area contributed by atoms with Gasteiger partial charge in [0.2, 0.25) is 0 Å². The quantitative estimate of drug-likeness (QED) is 0.755. The van der Waals surface area contributed by atoms with Crippen molar-refractivity contribution in [2.24, 2.45) is 0 Å². The Labute approximate surface area is 145 Å². The van der Waals surface area contributed by atoms with E-state index >= 15 is 0 Å². The van der Waals surface area contributed by atoms with Crippen LogP contribution >= 0.6 is 0 Å². The summed E-state index contributed by atoms with van der Waals surface area (Å²) in [6.45, 7) is 6.49. The standard InChI is InChI=1S/C17H20N6O2/c1-11-15(12(2)25-21-11)8-19-7-14-9-23-16(10-24-14)17(20-22-23)13-4-3-5-18-6-13/h3-6,14,19H,7-10H2,1-2H3/t14-/m1/s1. The SMILES string of the molecule is Cc1noc(C)c1CNC[C@@H]1Cn2nnc(-c3cccnc3)c2CO1. The highest BCUT2D eigenvalue weighted by atomic mass is 16.5. The summed E-state index contributed by atoms with van der Waals surface area (Å²) < 4.78 is 13.1. The normalized spacial score (nSPS) is 16.8. The molecule has 0 bridgehead atoms. The molecule has 0 radical (unpaired) electrons. The van der Waals surface area contributed by atoms with Crippen LogP contribution < -0.4 is 5.32 Å². The first-order chi connectivity index (χ1) is 12.2. The maximum absolute atomic E-state index is 5.98. The number of rotatable bonds is 5. The third-order valence-electron chi connectivity index (χ3n) is 4.46. The molecule has 1 aliphatic heterocycles. The molecule has 0 unspecified atom stereocenters. The van der Waals surface area contributed by atoms with Gasteiger partial charge in [0.15, 0.2) is 0 Å². The van der Waals surface area contributed by atoms with Crippen molar-refractivity contribution in [2.45, 2.75) is 39.6 Å². The van der Waals surface area contributed by atoms with Crippen LogP contribution in [0.5, 0.6) is 0 Å². The fourth-order valence-corrected chi connectivity index (χ4v) is 3.03. The molecule has 4 rings (SSSR count). The molecular weight excluding hydrogens is 320 g/mol. The van der Waals surface area contributed by atoms with Crippen molar-refractivity contribution in [3.63, 3.8) is 0 Å². The van der Waals surface area contributed by atoms with Gasteiger partial charge in [-0.3, -0.25) is 4.98 Å². The lowest BCUT2D eigenvalue weighted by molar-refractivity contribution is 0.00123. The number of hydrogen-bond acceptors (Lipinski definition) is 7. The van der Waals surface area contributed by atoms with Crippen molar-refractivity contribution in [3.8, 4) is 11.3 Å². The number of hydrogen-bond donors (Lipinski definition) is 1.